The van der Waals surface area contributed by atoms with Crippen molar-refractivity contribution in [3.05, 3.63) is 70.9 Å². The molecule has 1 aromatic heterocycles. The van der Waals surface area contributed by atoms with Crippen molar-refractivity contribution in [1.29, 1.82) is 0 Å². The Morgan fingerprint density at radius 1 is 1.17 bits per heavy atom. The van der Waals surface area contributed by atoms with E-state index in [1.165, 1.54) is 0 Å². The molecule has 122 valence electrons. The van der Waals surface area contributed by atoms with Crippen LogP contribution in [-0.4, -0.2) is 17.4 Å². The molecule has 0 saturated heterocycles. The predicted octanol–water partition coefficient (Wildman–Crippen LogP) is 4.21. The van der Waals surface area contributed by atoms with Crippen molar-refractivity contribution >= 4 is 28.4 Å². The quantitative estimate of drug-likeness (QED) is 0.719. The number of fused-ring (bicyclic) bond motifs is 1. The summed E-state index contributed by atoms with van der Waals surface area (Å²) in [5.41, 5.74) is 3.00. The Kier molecular flexibility index (Phi) is 3.81. The van der Waals surface area contributed by atoms with Gasteiger partial charge in [0.05, 0.1) is 5.41 Å². The lowest BCUT2D eigenvalue weighted by Crippen LogP contribution is -2.35. The highest BCUT2D eigenvalue weighted by molar-refractivity contribution is 6.30. The van der Waals surface area contributed by atoms with Crippen LogP contribution in [-0.2, 0) is 16.6 Å². The Morgan fingerprint density at radius 3 is 2.79 bits per heavy atom. The maximum atomic E-state index is 12.8. The van der Waals surface area contributed by atoms with Crippen LogP contribution >= 0.6 is 11.6 Å². The van der Waals surface area contributed by atoms with Gasteiger partial charge >= 0.3 is 0 Å². The zero-order chi connectivity index (χ0) is 16.6. The van der Waals surface area contributed by atoms with Gasteiger partial charge in [0, 0.05) is 28.7 Å². The fraction of sp³-hybridized carbons (Fsp3) is 0.250. The number of nitrogens with one attached hydrogen (secondary N) is 2. The number of aromatic nitrogens is 1. The van der Waals surface area contributed by atoms with Crippen molar-refractivity contribution in [2.45, 2.75) is 24.7 Å². The largest absolute Gasteiger partial charge is 0.361 e. The second kappa shape index (κ2) is 5.99. The van der Waals surface area contributed by atoms with E-state index >= 15 is 0 Å². The minimum atomic E-state index is -0.353. The predicted molar refractivity (Wildman–Crippen MR) is 97.4 cm³/mol. The molecule has 2 aromatic carbocycles. The Hall–Kier alpha value is -2.26. The molecule has 4 heteroatoms. The number of H-pyrrole nitrogens is 1. The first kappa shape index (κ1) is 15.3. The van der Waals surface area contributed by atoms with E-state index in [1.807, 2.05) is 48.7 Å². The Balaban J connectivity index is 1.46. The van der Waals surface area contributed by atoms with Gasteiger partial charge in [0.2, 0.25) is 5.91 Å². The molecule has 3 aromatic rings. The van der Waals surface area contributed by atoms with Crippen molar-refractivity contribution in [2.24, 2.45) is 0 Å². The Morgan fingerprint density at radius 2 is 2.00 bits per heavy atom. The maximum Gasteiger partial charge on any atom is 0.230 e. The van der Waals surface area contributed by atoms with Gasteiger partial charge in [-0.05, 0) is 48.6 Å². The summed E-state index contributed by atoms with van der Waals surface area (Å²) in [6, 6.07) is 15.9. The summed E-state index contributed by atoms with van der Waals surface area (Å²) in [5.74, 6) is 0.134. The van der Waals surface area contributed by atoms with E-state index in [2.05, 4.69) is 16.4 Å². The number of para-hydroxylation sites is 1. The van der Waals surface area contributed by atoms with Crippen LogP contribution in [0.15, 0.2) is 54.7 Å². The normalized spacial score (nSPS) is 15.4. The van der Waals surface area contributed by atoms with Gasteiger partial charge in [0.25, 0.3) is 0 Å². The Bertz CT molecular complexity index is 895. The molecule has 1 heterocycles. The van der Waals surface area contributed by atoms with Crippen molar-refractivity contribution in [1.82, 2.24) is 10.3 Å². The van der Waals surface area contributed by atoms with E-state index in [9.17, 15) is 4.79 Å². The average molecular weight is 339 g/mol. The van der Waals surface area contributed by atoms with Gasteiger partial charge in [0.15, 0.2) is 0 Å². The highest BCUT2D eigenvalue weighted by Crippen LogP contribution is 2.50. The zero-order valence-electron chi connectivity index (χ0n) is 13.3. The molecule has 1 saturated carbocycles. The van der Waals surface area contributed by atoms with Crippen molar-refractivity contribution in [3.8, 4) is 0 Å². The van der Waals surface area contributed by atoms with E-state index in [-0.39, 0.29) is 11.3 Å². The molecule has 0 radical (unpaired) electrons. The topological polar surface area (TPSA) is 44.9 Å². The molecule has 1 aliphatic rings. The molecular formula is C20H19ClN2O. The number of rotatable bonds is 5. The third-order valence-corrected chi connectivity index (χ3v) is 5.11. The molecule has 4 rings (SSSR count). The van der Waals surface area contributed by atoms with Gasteiger partial charge < -0.3 is 10.3 Å². The van der Waals surface area contributed by atoms with Gasteiger partial charge in [-0.2, -0.15) is 0 Å². The van der Waals surface area contributed by atoms with Crippen molar-refractivity contribution in [3.63, 3.8) is 0 Å². The number of aromatic amines is 1. The van der Waals surface area contributed by atoms with Gasteiger partial charge in [-0.25, -0.2) is 0 Å². The van der Waals surface area contributed by atoms with E-state index in [0.717, 1.165) is 46.3 Å². The van der Waals surface area contributed by atoms with Crippen LogP contribution < -0.4 is 5.32 Å². The van der Waals surface area contributed by atoms with Crippen LogP contribution in [0.4, 0.5) is 0 Å². The first-order valence-corrected chi connectivity index (χ1v) is 8.66. The molecule has 1 aliphatic carbocycles. The molecule has 24 heavy (non-hydrogen) atoms. The number of carbonyl (C=O) groups excluding carboxylic acids is 1. The van der Waals surface area contributed by atoms with Gasteiger partial charge in [-0.15, -0.1) is 0 Å². The van der Waals surface area contributed by atoms with E-state index in [1.54, 1.807) is 0 Å². The summed E-state index contributed by atoms with van der Waals surface area (Å²) in [5, 5.41) is 5.00. The first-order chi connectivity index (χ1) is 11.7. The van der Waals surface area contributed by atoms with Crippen molar-refractivity contribution in [2.75, 3.05) is 6.54 Å². The standard InChI is InChI=1S/C20H19ClN2O/c21-15-5-3-4-14(12-15)8-11-22-19(24)20(9-10-20)17-13-23-18-7-2-1-6-16(17)18/h1-7,12-13,23H,8-11H2,(H,22,24). The highest BCUT2D eigenvalue weighted by atomic mass is 35.5. The highest BCUT2D eigenvalue weighted by Gasteiger charge is 2.52. The molecule has 1 amide bonds. The molecule has 1 fully saturated rings. The first-order valence-electron chi connectivity index (χ1n) is 8.28. The molecule has 0 atom stereocenters. The minimum Gasteiger partial charge on any atom is -0.361 e. The second-order valence-electron chi connectivity index (χ2n) is 6.47. The SMILES string of the molecule is O=C(NCCc1cccc(Cl)c1)C1(c2c[nH]c3ccccc23)CC1. The summed E-state index contributed by atoms with van der Waals surface area (Å²) in [6.45, 7) is 0.628. The summed E-state index contributed by atoms with van der Waals surface area (Å²) in [6.07, 6.45) is 4.61. The molecule has 0 aliphatic heterocycles. The number of amides is 1. The summed E-state index contributed by atoms with van der Waals surface area (Å²) < 4.78 is 0. The van der Waals surface area contributed by atoms with Crippen LogP contribution in [0.5, 0.6) is 0 Å². The summed E-state index contributed by atoms with van der Waals surface area (Å²) >= 11 is 6.00. The number of hydrogen-bond acceptors (Lipinski definition) is 1. The van der Waals surface area contributed by atoms with Crippen LogP contribution in [0.1, 0.15) is 24.0 Å². The lowest BCUT2D eigenvalue weighted by Gasteiger charge is -2.15. The lowest BCUT2D eigenvalue weighted by atomic mass is 9.94. The minimum absolute atomic E-state index is 0.134. The fourth-order valence-corrected chi connectivity index (χ4v) is 3.61. The smallest absolute Gasteiger partial charge is 0.230 e. The fourth-order valence-electron chi connectivity index (χ4n) is 3.39. The maximum absolute atomic E-state index is 12.8. The third kappa shape index (κ3) is 2.69. The van der Waals surface area contributed by atoms with Gasteiger partial charge in [-0.3, -0.25) is 4.79 Å². The zero-order valence-corrected chi connectivity index (χ0v) is 14.1. The summed E-state index contributed by atoms with van der Waals surface area (Å²) in [7, 11) is 0. The Labute approximate surface area is 146 Å². The monoisotopic (exact) mass is 338 g/mol. The van der Waals surface area contributed by atoms with Gasteiger partial charge in [0.1, 0.15) is 0 Å². The van der Waals surface area contributed by atoms with Crippen LogP contribution in [0, 0.1) is 0 Å². The van der Waals surface area contributed by atoms with E-state index in [0.29, 0.717) is 6.54 Å². The third-order valence-electron chi connectivity index (χ3n) is 4.88. The van der Waals surface area contributed by atoms with E-state index in [4.69, 9.17) is 11.6 Å². The number of benzene rings is 2. The second-order valence-corrected chi connectivity index (χ2v) is 6.90. The molecule has 0 spiro atoms. The van der Waals surface area contributed by atoms with E-state index < -0.39 is 0 Å². The summed E-state index contributed by atoms with van der Waals surface area (Å²) in [4.78, 5) is 16.1. The van der Waals surface area contributed by atoms with Gasteiger partial charge in [-0.1, -0.05) is 41.9 Å². The molecule has 0 bridgehead atoms. The molecule has 3 nitrogen and oxygen atoms in total. The molecule has 2 N–H and O–H groups in total. The average Bonchev–Trinajstić information content (AvgIpc) is 3.28. The molecular weight excluding hydrogens is 320 g/mol. The number of carbonyl (C=O) groups is 1. The van der Waals surface area contributed by atoms with Crippen LogP contribution in [0.3, 0.4) is 0 Å². The van der Waals surface area contributed by atoms with Crippen LogP contribution in [0.2, 0.25) is 5.02 Å². The molecule has 0 unspecified atom stereocenters. The lowest BCUT2D eigenvalue weighted by molar-refractivity contribution is -0.123. The van der Waals surface area contributed by atoms with Crippen LogP contribution in [0.25, 0.3) is 10.9 Å². The number of hydrogen-bond donors (Lipinski definition) is 2. The number of halogens is 1. The van der Waals surface area contributed by atoms with Crippen molar-refractivity contribution < 1.29 is 4.79 Å².